The summed E-state index contributed by atoms with van der Waals surface area (Å²) >= 11 is 0. The van der Waals surface area contributed by atoms with Crippen LogP contribution in [-0.4, -0.2) is 14.1 Å². The van der Waals surface area contributed by atoms with Gasteiger partial charge in [0.15, 0.2) is 0 Å². The zero-order chi connectivity index (χ0) is 10.0. The van der Waals surface area contributed by atoms with Gasteiger partial charge in [-0.25, -0.2) is 0 Å². The van der Waals surface area contributed by atoms with Crippen molar-refractivity contribution in [1.29, 1.82) is 0 Å². The van der Waals surface area contributed by atoms with Crippen LogP contribution in [0.5, 0.6) is 0 Å². The maximum atomic E-state index is 2.24. The predicted molar refractivity (Wildman–Crippen MR) is 59.6 cm³/mol. The molecule has 1 heteroatoms. The summed E-state index contributed by atoms with van der Waals surface area (Å²) in [6.07, 6.45) is 0. The lowest BCUT2D eigenvalue weighted by Crippen LogP contribution is -2.11. The molecule has 0 spiro atoms. The Morgan fingerprint density at radius 3 is 2.23 bits per heavy atom. The molecule has 0 atom stereocenters. The Labute approximate surface area is 81.4 Å². The standard InChI is InChI=1S/C12H19N/c1-9(2)11-7-6-8-12(10(11)3)13(4)5/h6-9H,1-5H3. The van der Waals surface area contributed by atoms with Crippen LogP contribution in [0, 0.1) is 6.92 Å². The number of benzene rings is 1. The lowest BCUT2D eigenvalue weighted by molar-refractivity contribution is 0.854. The van der Waals surface area contributed by atoms with Crippen molar-refractivity contribution in [2.45, 2.75) is 26.7 Å². The fraction of sp³-hybridized carbons (Fsp3) is 0.500. The van der Waals surface area contributed by atoms with Crippen LogP contribution in [0.25, 0.3) is 0 Å². The number of rotatable bonds is 2. The zero-order valence-electron chi connectivity index (χ0n) is 9.26. The van der Waals surface area contributed by atoms with Gasteiger partial charge in [-0.3, -0.25) is 0 Å². The van der Waals surface area contributed by atoms with Crippen LogP contribution in [0.2, 0.25) is 0 Å². The van der Waals surface area contributed by atoms with Gasteiger partial charge in [-0.15, -0.1) is 0 Å². The molecule has 0 bridgehead atoms. The van der Waals surface area contributed by atoms with Gasteiger partial charge in [-0.05, 0) is 30.0 Å². The van der Waals surface area contributed by atoms with E-state index in [0.717, 1.165) is 0 Å². The van der Waals surface area contributed by atoms with Crippen molar-refractivity contribution in [3.63, 3.8) is 0 Å². The molecule has 0 saturated heterocycles. The van der Waals surface area contributed by atoms with Crippen molar-refractivity contribution in [2.75, 3.05) is 19.0 Å². The average molecular weight is 177 g/mol. The van der Waals surface area contributed by atoms with Gasteiger partial charge in [0.1, 0.15) is 0 Å². The molecule has 0 heterocycles. The summed E-state index contributed by atoms with van der Waals surface area (Å²) in [5.74, 6) is 0.611. The van der Waals surface area contributed by atoms with Crippen LogP contribution in [0.15, 0.2) is 18.2 Å². The lowest BCUT2D eigenvalue weighted by Gasteiger charge is -2.19. The molecule has 0 fully saturated rings. The van der Waals surface area contributed by atoms with Gasteiger partial charge in [-0.2, -0.15) is 0 Å². The minimum absolute atomic E-state index is 0.611. The number of anilines is 1. The zero-order valence-corrected chi connectivity index (χ0v) is 9.26. The van der Waals surface area contributed by atoms with Gasteiger partial charge in [0.25, 0.3) is 0 Å². The minimum atomic E-state index is 0.611. The Morgan fingerprint density at radius 1 is 1.15 bits per heavy atom. The molecular weight excluding hydrogens is 158 g/mol. The van der Waals surface area contributed by atoms with Crippen LogP contribution in [0.3, 0.4) is 0 Å². The summed E-state index contributed by atoms with van der Waals surface area (Å²) < 4.78 is 0. The van der Waals surface area contributed by atoms with Crippen LogP contribution in [-0.2, 0) is 0 Å². The van der Waals surface area contributed by atoms with Crippen LogP contribution in [0.1, 0.15) is 30.9 Å². The van der Waals surface area contributed by atoms with Crippen LogP contribution in [0.4, 0.5) is 5.69 Å². The molecule has 1 nitrogen and oxygen atoms in total. The van der Waals surface area contributed by atoms with Gasteiger partial charge < -0.3 is 4.90 Å². The smallest absolute Gasteiger partial charge is 0.0393 e. The van der Waals surface area contributed by atoms with Crippen molar-refractivity contribution in [2.24, 2.45) is 0 Å². The molecule has 1 aromatic carbocycles. The van der Waals surface area contributed by atoms with E-state index in [-0.39, 0.29) is 0 Å². The lowest BCUT2D eigenvalue weighted by atomic mass is 9.96. The summed E-state index contributed by atoms with van der Waals surface area (Å²) in [6, 6.07) is 6.52. The second kappa shape index (κ2) is 3.82. The summed E-state index contributed by atoms with van der Waals surface area (Å²) in [5.41, 5.74) is 4.18. The van der Waals surface area contributed by atoms with E-state index in [9.17, 15) is 0 Å². The molecule has 0 aromatic heterocycles. The van der Waals surface area contributed by atoms with E-state index in [1.807, 2.05) is 0 Å². The summed E-state index contributed by atoms with van der Waals surface area (Å²) in [7, 11) is 4.18. The highest BCUT2D eigenvalue weighted by molar-refractivity contribution is 5.55. The highest BCUT2D eigenvalue weighted by Gasteiger charge is 2.07. The fourth-order valence-corrected chi connectivity index (χ4v) is 1.75. The molecule has 0 unspecified atom stereocenters. The minimum Gasteiger partial charge on any atom is -0.377 e. The second-order valence-corrected chi connectivity index (χ2v) is 4.04. The normalized spacial score (nSPS) is 10.6. The maximum absolute atomic E-state index is 2.24. The van der Waals surface area contributed by atoms with Crippen LogP contribution < -0.4 is 4.90 Å². The third-order valence-corrected chi connectivity index (χ3v) is 2.45. The van der Waals surface area contributed by atoms with Crippen molar-refractivity contribution >= 4 is 5.69 Å². The highest BCUT2D eigenvalue weighted by Crippen LogP contribution is 2.26. The van der Waals surface area contributed by atoms with Crippen molar-refractivity contribution in [3.05, 3.63) is 29.3 Å². The first-order valence-electron chi connectivity index (χ1n) is 4.81. The Morgan fingerprint density at radius 2 is 1.77 bits per heavy atom. The maximum Gasteiger partial charge on any atom is 0.0393 e. The summed E-state index contributed by atoms with van der Waals surface area (Å²) in [5, 5.41) is 0. The van der Waals surface area contributed by atoms with E-state index in [4.69, 9.17) is 0 Å². The second-order valence-electron chi connectivity index (χ2n) is 4.04. The van der Waals surface area contributed by atoms with E-state index >= 15 is 0 Å². The highest BCUT2D eigenvalue weighted by atomic mass is 15.1. The topological polar surface area (TPSA) is 3.24 Å². The van der Waals surface area contributed by atoms with Gasteiger partial charge in [0, 0.05) is 19.8 Å². The number of nitrogens with zero attached hydrogens (tertiary/aromatic N) is 1. The molecule has 72 valence electrons. The van der Waals surface area contributed by atoms with Crippen molar-refractivity contribution in [1.82, 2.24) is 0 Å². The van der Waals surface area contributed by atoms with E-state index in [1.54, 1.807) is 0 Å². The van der Waals surface area contributed by atoms with E-state index in [0.29, 0.717) is 5.92 Å². The molecule has 1 rings (SSSR count). The molecule has 0 saturated carbocycles. The fourth-order valence-electron chi connectivity index (χ4n) is 1.75. The van der Waals surface area contributed by atoms with Crippen molar-refractivity contribution in [3.8, 4) is 0 Å². The number of hydrogen-bond donors (Lipinski definition) is 0. The van der Waals surface area contributed by atoms with Gasteiger partial charge in [-0.1, -0.05) is 26.0 Å². The molecule has 0 aliphatic carbocycles. The van der Waals surface area contributed by atoms with Gasteiger partial charge in [0.05, 0.1) is 0 Å². The Kier molecular flexibility index (Phi) is 2.97. The monoisotopic (exact) mass is 177 g/mol. The molecule has 0 aliphatic heterocycles. The molecular formula is C12H19N. The summed E-state index contributed by atoms with van der Waals surface area (Å²) in [6.45, 7) is 6.67. The van der Waals surface area contributed by atoms with Gasteiger partial charge >= 0.3 is 0 Å². The average Bonchev–Trinajstić information content (AvgIpc) is 2.03. The molecule has 13 heavy (non-hydrogen) atoms. The molecule has 0 amide bonds. The third kappa shape index (κ3) is 2.03. The van der Waals surface area contributed by atoms with E-state index in [1.165, 1.54) is 16.8 Å². The molecule has 1 aromatic rings. The van der Waals surface area contributed by atoms with Crippen molar-refractivity contribution < 1.29 is 0 Å². The molecule has 0 N–H and O–H groups in total. The SMILES string of the molecule is Cc1c(C(C)C)cccc1N(C)C. The van der Waals surface area contributed by atoms with E-state index < -0.39 is 0 Å². The quantitative estimate of drug-likeness (QED) is 0.670. The molecule has 0 radical (unpaired) electrons. The third-order valence-electron chi connectivity index (χ3n) is 2.45. The first kappa shape index (κ1) is 10.1. The van der Waals surface area contributed by atoms with E-state index in [2.05, 4.69) is 58.0 Å². The first-order valence-corrected chi connectivity index (χ1v) is 4.81. The van der Waals surface area contributed by atoms with Gasteiger partial charge in [0.2, 0.25) is 0 Å². The Hall–Kier alpha value is -0.980. The predicted octanol–water partition coefficient (Wildman–Crippen LogP) is 3.18. The Bertz CT molecular complexity index is 261. The largest absolute Gasteiger partial charge is 0.377 e. The number of hydrogen-bond acceptors (Lipinski definition) is 1. The first-order chi connectivity index (χ1) is 6.04. The Balaban J connectivity index is 3.18. The summed E-state index contributed by atoms with van der Waals surface area (Å²) in [4.78, 5) is 2.17. The van der Waals surface area contributed by atoms with Crippen LogP contribution >= 0.6 is 0 Å². The molecule has 0 aliphatic rings.